The first-order valence-corrected chi connectivity index (χ1v) is 8.48. The minimum Gasteiger partial charge on any atom is -0.398 e. The van der Waals surface area contributed by atoms with Gasteiger partial charge >= 0.3 is 0 Å². The molecule has 21 heavy (non-hydrogen) atoms. The quantitative estimate of drug-likeness (QED) is 0.735. The van der Waals surface area contributed by atoms with Gasteiger partial charge < -0.3 is 11.1 Å². The van der Waals surface area contributed by atoms with Crippen molar-refractivity contribution in [2.45, 2.75) is 10.8 Å². The molecule has 0 aliphatic heterocycles. The second-order valence-electron chi connectivity index (χ2n) is 4.29. The van der Waals surface area contributed by atoms with E-state index >= 15 is 0 Å². The van der Waals surface area contributed by atoms with Gasteiger partial charge in [-0.3, -0.25) is 4.79 Å². The average Bonchev–Trinajstić information content (AvgIpc) is 2.92. The summed E-state index contributed by atoms with van der Waals surface area (Å²) in [5, 5.41) is 4.17. The first-order valence-electron chi connectivity index (χ1n) is 6.12. The third-order valence-electron chi connectivity index (χ3n) is 2.62. The van der Waals surface area contributed by atoms with Crippen molar-refractivity contribution in [1.29, 1.82) is 0 Å². The Kier molecular flexibility index (Phi) is 4.94. The van der Waals surface area contributed by atoms with Crippen molar-refractivity contribution >= 4 is 33.0 Å². The molecule has 112 valence electrons. The zero-order chi connectivity index (χ0) is 15.3. The Balaban J connectivity index is 1.84. The van der Waals surface area contributed by atoms with E-state index in [9.17, 15) is 13.2 Å². The SMILES string of the molecule is Nc1csc(S(=O)(=O)NCC(=O)NCc2ccccc2)c1. The van der Waals surface area contributed by atoms with E-state index in [1.54, 1.807) is 0 Å². The van der Waals surface area contributed by atoms with Crippen LogP contribution in [-0.4, -0.2) is 20.9 Å². The normalized spacial score (nSPS) is 11.2. The van der Waals surface area contributed by atoms with Gasteiger partial charge in [0.1, 0.15) is 4.21 Å². The van der Waals surface area contributed by atoms with Gasteiger partial charge in [-0.2, -0.15) is 0 Å². The molecule has 2 aromatic rings. The summed E-state index contributed by atoms with van der Waals surface area (Å²) in [6.07, 6.45) is 0. The zero-order valence-corrected chi connectivity index (χ0v) is 12.7. The molecule has 0 fully saturated rings. The fraction of sp³-hybridized carbons (Fsp3) is 0.154. The number of nitrogens with one attached hydrogen (secondary N) is 2. The van der Waals surface area contributed by atoms with E-state index in [0.29, 0.717) is 12.2 Å². The third-order valence-corrected chi connectivity index (χ3v) is 5.47. The molecule has 0 saturated carbocycles. The molecule has 1 aromatic carbocycles. The first-order chi connectivity index (χ1) is 9.97. The Morgan fingerprint density at radius 2 is 1.95 bits per heavy atom. The summed E-state index contributed by atoms with van der Waals surface area (Å²) in [6, 6.07) is 10.7. The minimum absolute atomic E-state index is 0.0934. The van der Waals surface area contributed by atoms with E-state index < -0.39 is 15.9 Å². The Morgan fingerprint density at radius 3 is 2.57 bits per heavy atom. The maximum Gasteiger partial charge on any atom is 0.250 e. The van der Waals surface area contributed by atoms with E-state index in [2.05, 4.69) is 10.0 Å². The van der Waals surface area contributed by atoms with Crippen LogP contribution in [0, 0.1) is 0 Å². The van der Waals surface area contributed by atoms with Crippen LogP contribution in [0.25, 0.3) is 0 Å². The Hall–Kier alpha value is -1.90. The number of anilines is 1. The lowest BCUT2D eigenvalue weighted by molar-refractivity contribution is -0.120. The molecule has 8 heteroatoms. The summed E-state index contributed by atoms with van der Waals surface area (Å²) in [4.78, 5) is 11.6. The standard InChI is InChI=1S/C13H15N3O3S2/c14-11-6-13(20-9-11)21(18,19)16-8-12(17)15-7-10-4-2-1-3-5-10/h1-6,9,16H,7-8,14H2,(H,15,17). The zero-order valence-electron chi connectivity index (χ0n) is 11.1. The predicted molar refractivity (Wildman–Crippen MR) is 82.2 cm³/mol. The topological polar surface area (TPSA) is 101 Å². The van der Waals surface area contributed by atoms with Gasteiger partial charge in [-0.15, -0.1) is 11.3 Å². The van der Waals surface area contributed by atoms with E-state index in [1.807, 2.05) is 30.3 Å². The number of sulfonamides is 1. The molecular weight excluding hydrogens is 310 g/mol. The summed E-state index contributed by atoms with van der Waals surface area (Å²) in [7, 11) is -3.69. The van der Waals surface area contributed by atoms with E-state index in [1.165, 1.54) is 11.4 Å². The number of carbonyl (C=O) groups is 1. The van der Waals surface area contributed by atoms with Gasteiger partial charge in [-0.05, 0) is 11.6 Å². The van der Waals surface area contributed by atoms with E-state index in [0.717, 1.165) is 16.9 Å². The molecule has 0 spiro atoms. The predicted octanol–water partition coefficient (Wildman–Crippen LogP) is 0.925. The molecule has 0 atom stereocenters. The first kappa shape index (κ1) is 15.5. The number of hydrogen-bond acceptors (Lipinski definition) is 5. The van der Waals surface area contributed by atoms with Crippen molar-refractivity contribution < 1.29 is 13.2 Å². The van der Waals surface area contributed by atoms with Crippen molar-refractivity contribution in [2.75, 3.05) is 12.3 Å². The number of hydrogen-bond donors (Lipinski definition) is 3. The summed E-state index contributed by atoms with van der Waals surface area (Å²) >= 11 is 1.01. The second-order valence-corrected chi connectivity index (χ2v) is 7.19. The smallest absolute Gasteiger partial charge is 0.250 e. The van der Waals surface area contributed by atoms with Gasteiger partial charge in [0.15, 0.2) is 0 Å². The highest BCUT2D eigenvalue weighted by molar-refractivity contribution is 7.91. The molecular formula is C13H15N3O3S2. The van der Waals surface area contributed by atoms with Gasteiger partial charge in [0.05, 0.1) is 6.54 Å². The lowest BCUT2D eigenvalue weighted by atomic mass is 10.2. The number of amides is 1. The van der Waals surface area contributed by atoms with Gasteiger partial charge in [0.2, 0.25) is 5.91 Å². The molecule has 2 rings (SSSR count). The largest absolute Gasteiger partial charge is 0.398 e. The Bertz CT molecular complexity index is 711. The molecule has 6 nitrogen and oxygen atoms in total. The van der Waals surface area contributed by atoms with Crippen molar-refractivity contribution in [3.8, 4) is 0 Å². The monoisotopic (exact) mass is 325 g/mol. The van der Waals surface area contributed by atoms with Gasteiger partial charge in [-0.1, -0.05) is 30.3 Å². The van der Waals surface area contributed by atoms with Crippen LogP contribution in [-0.2, 0) is 21.4 Å². The average molecular weight is 325 g/mol. The third kappa shape index (κ3) is 4.55. The number of nitrogen functional groups attached to an aromatic ring is 1. The maximum absolute atomic E-state index is 11.9. The minimum atomic E-state index is -3.69. The highest BCUT2D eigenvalue weighted by Crippen LogP contribution is 2.20. The molecule has 1 aromatic heterocycles. The van der Waals surface area contributed by atoms with Crippen molar-refractivity contribution in [1.82, 2.24) is 10.0 Å². The summed E-state index contributed by atoms with van der Waals surface area (Å²) in [6.45, 7) is 0.0420. The Labute approximate surface area is 127 Å². The van der Waals surface area contributed by atoms with E-state index in [4.69, 9.17) is 5.73 Å². The lowest BCUT2D eigenvalue weighted by Gasteiger charge is -2.06. The highest BCUT2D eigenvalue weighted by atomic mass is 32.2. The molecule has 0 bridgehead atoms. The number of benzene rings is 1. The number of rotatable bonds is 6. The van der Waals surface area contributed by atoms with Crippen LogP contribution in [0.15, 0.2) is 46.0 Å². The van der Waals surface area contributed by atoms with Crippen LogP contribution in [0.4, 0.5) is 5.69 Å². The van der Waals surface area contributed by atoms with Gasteiger partial charge in [0, 0.05) is 17.6 Å². The fourth-order valence-electron chi connectivity index (χ4n) is 1.56. The molecule has 4 N–H and O–H groups in total. The van der Waals surface area contributed by atoms with Crippen LogP contribution in [0.1, 0.15) is 5.56 Å². The summed E-state index contributed by atoms with van der Waals surface area (Å²) in [5.41, 5.74) is 6.81. The molecule has 0 aliphatic carbocycles. The summed E-state index contributed by atoms with van der Waals surface area (Å²) < 4.78 is 26.1. The van der Waals surface area contributed by atoms with Crippen LogP contribution < -0.4 is 15.8 Å². The van der Waals surface area contributed by atoms with Gasteiger partial charge in [0.25, 0.3) is 10.0 Å². The molecule has 1 heterocycles. The number of nitrogens with two attached hydrogens (primary N) is 1. The summed E-state index contributed by atoms with van der Waals surface area (Å²) in [5.74, 6) is -0.396. The van der Waals surface area contributed by atoms with Gasteiger partial charge in [-0.25, -0.2) is 13.1 Å². The van der Waals surface area contributed by atoms with Crippen LogP contribution >= 0.6 is 11.3 Å². The molecule has 0 aliphatic rings. The molecule has 1 amide bonds. The fourth-order valence-corrected chi connectivity index (χ4v) is 3.67. The molecule has 0 unspecified atom stereocenters. The molecule has 0 radical (unpaired) electrons. The number of carbonyl (C=O) groups excluding carboxylic acids is 1. The maximum atomic E-state index is 11.9. The number of thiophene rings is 1. The van der Waals surface area contributed by atoms with Crippen LogP contribution in [0.3, 0.4) is 0 Å². The van der Waals surface area contributed by atoms with Crippen molar-refractivity contribution in [3.05, 3.63) is 47.3 Å². The van der Waals surface area contributed by atoms with E-state index in [-0.39, 0.29) is 10.8 Å². The second kappa shape index (κ2) is 6.70. The Morgan fingerprint density at radius 1 is 1.24 bits per heavy atom. The van der Waals surface area contributed by atoms with Crippen LogP contribution in [0.5, 0.6) is 0 Å². The van der Waals surface area contributed by atoms with Crippen molar-refractivity contribution in [3.63, 3.8) is 0 Å². The molecule has 0 saturated heterocycles. The lowest BCUT2D eigenvalue weighted by Crippen LogP contribution is -2.36. The van der Waals surface area contributed by atoms with Crippen LogP contribution in [0.2, 0.25) is 0 Å². The highest BCUT2D eigenvalue weighted by Gasteiger charge is 2.17. The van der Waals surface area contributed by atoms with Crippen molar-refractivity contribution in [2.24, 2.45) is 0 Å².